The van der Waals surface area contributed by atoms with Crippen molar-refractivity contribution in [1.29, 1.82) is 0 Å². The summed E-state index contributed by atoms with van der Waals surface area (Å²) < 4.78 is 38.6. The smallest absolute Gasteiger partial charge is 0.291 e. The molecule has 0 unspecified atom stereocenters. The molecular weight excluding hydrogens is 351 g/mol. The minimum absolute atomic E-state index is 0.0138. The van der Waals surface area contributed by atoms with Gasteiger partial charge in [0, 0.05) is 17.8 Å². The molecule has 1 N–H and O–H groups in total. The van der Waals surface area contributed by atoms with E-state index in [2.05, 4.69) is 15.3 Å². The molecule has 0 fully saturated rings. The molecule has 1 amide bonds. The third-order valence-electron chi connectivity index (χ3n) is 3.60. The van der Waals surface area contributed by atoms with Crippen LogP contribution in [0.15, 0.2) is 23.4 Å². The van der Waals surface area contributed by atoms with E-state index in [4.69, 9.17) is 0 Å². The van der Waals surface area contributed by atoms with Crippen LogP contribution in [-0.2, 0) is 11.2 Å². The molecule has 2 aromatic rings. The zero-order chi connectivity index (χ0) is 18.6. The van der Waals surface area contributed by atoms with Crippen LogP contribution in [0, 0.1) is 26.6 Å². The first-order valence-corrected chi connectivity index (χ1v) is 8.49. The van der Waals surface area contributed by atoms with Crippen molar-refractivity contribution in [1.82, 2.24) is 9.97 Å². The Balaban J connectivity index is 2.02. The number of carbonyl (C=O) groups excluding carboxylic acids is 1. The van der Waals surface area contributed by atoms with Gasteiger partial charge in [0.2, 0.25) is 5.91 Å². The highest BCUT2D eigenvalue weighted by molar-refractivity contribution is 7.99. The van der Waals surface area contributed by atoms with Gasteiger partial charge in [-0.15, -0.1) is 0 Å². The Kier molecular flexibility index (Phi) is 6.41. The summed E-state index contributed by atoms with van der Waals surface area (Å²) in [5.41, 5.74) is 2.75. The van der Waals surface area contributed by atoms with E-state index in [0.717, 1.165) is 11.1 Å². The maximum Gasteiger partial charge on any atom is 0.291 e. The minimum atomic E-state index is -2.58. The van der Waals surface area contributed by atoms with Gasteiger partial charge in [-0.1, -0.05) is 6.07 Å². The number of thioether (sulfide) groups is 1. The SMILES string of the molecule is Cc1ccc(NC(=O)CCc2c(C)nc(SC(F)F)nc2C)c(F)c1. The fraction of sp³-hybridized carbons (Fsp3) is 0.353. The van der Waals surface area contributed by atoms with Crippen LogP contribution in [0.3, 0.4) is 0 Å². The van der Waals surface area contributed by atoms with E-state index >= 15 is 0 Å². The van der Waals surface area contributed by atoms with Crippen molar-refractivity contribution in [2.45, 2.75) is 44.5 Å². The molecule has 134 valence electrons. The molecule has 1 heterocycles. The molecule has 0 saturated heterocycles. The van der Waals surface area contributed by atoms with Gasteiger partial charge in [-0.3, -0.25) is 4.79 Å². The van der Waals surface area contributed by atoms with E-state index in [1.807, 2.05) is 0 Å². The Labute approximate surface area is 148 Å². The van der Waals surface area contributed by atoms with Crippen molar-refractivity contribution in [3.63, 3.8) is 0 Å². The summed E-state index contributed by atoms with van der Waals surface area (Å²) in [7, 11) is 0. The number of anilines is 1. The zero-order valence-electron chi connectivity index (χ0n) is 14.1. The van der Waals surface area contributed by atoms with Gasteiger partial charge in [0.25, 0.3) is 5.76 Å². The molecule has 25 heavy (non-hydrogen) atoms. The van der Waals surface area contributed by atoms with E-state index in [1.165, 1.54) is 12.1 Å². The molecule has 0 atom stereocenters. The Morgan fingerprint density at radius 1 is 1.20 bits per heavy atom. The third kappa shape index (κ3) is 5.45. The predicted octanol–water partition coefficient (Wildman–Crippen LogP) is 4.43. The average molecular weight is 369 g/mol. The van der Waals surface area contributed by atoms with Gasteiger partial charge < -0.3 is 5.32 Å². The van der Waals surface area contributed by atoms with Crippen LogP contribution in [0.4, 0.5) is 18.9 Å². The average Bonchev–Trinajstić information content (AvgIpc) is 2.48. The fourth-order valence-electron chi connectivity index (χ4n) is 2.38. The Hall–Kier alpha value is -2.09. The van der Waals surface area contributed by atoms with Gasteiger partial charge in [0.1, 0.15) is 5.82 Å². The highest BCUT2D eigenvalue weighted by Gasteiger charge is 2.14. The lowest BCUT2D eigenvalue weighted by atomic mass is 10.1. The zero-order valence-corrected chi connectivity index (χ0v) is 14.9. The van der Waals surface area contributed by atoms with Crippen molar-refractivity contribution < 1.29 is 18.0 Å². The van der Waals surface area contributed by atoms with Crippen molar-refractivity contribution in [2.75, 3.05) is 5.32 Å². The van der Waals surface area contributed by atoms with Crippen LogP contribution in [0.2, 0.25) is 0 Å². The number of aromatic nitrogens is 2. The highest BCUT2D eigenvalue weighted by atomic mass is 32.2. The molecule has 0 spiro atoms. The van der Waals surface area contributed by atoms with Gasteiger partial charge in [-0.2, -0.15) is 8.78 Å². The van der Waals surface area contributed by atoms with Crippen LogP contribution in [0.25, 0.3) is 0 Å². The standard InChI is InChI=1S/C17H18F3N3OS/c1-9-4-6-14(13(18)8-9)23-15(24)7-5-12-10(2)21-17(22-11(12)3)25-16(19)20/h4,6,8,16H,5,7H2,1-3H3,(H,23,24). The van der Waals surface area contributed by atoms with Crippen LogP contribution < -0.4 is 5.32 Å². The van der Waals surface area contributed by atoms with Gasteiger partial charge in [0.05, 0.1) is 5.69 Å². The van der Waals surface area contributed by atoms with Crippen LogP contribution in [0.5, 0.6) is 0 Å². The summed E-state index contributed by atoms with van der Waals surface area (Å²) in [4.78, 5) is 20.1. The quantitative estimate of drug-likeness (QED) is 0.605. The number of nitrogens with zero attached hydrogens (tertiary/aromatic N) is 2. The molecule has 2 rings (SSSR count). The predicted molar refractivity (Wildman–Crippen MR) is 91.5 cm³/mol. The van der Waals surface area contributed by atoms with Gasteiger partial charge >= 0.3 is 0 Å². The van der Waals surface area contributed by atoms with E-state index in [0.29, 0.717) is 17.8 Å². The van der Waals surface area contributed by atoms with E-state index in [9.17, 15) is 18.0 Å². The van der Waals surface area contributed by atoms with E-state index < -0.39 is 11.6 Å². The highest BCUT2D eigenvalue weighted by Crippen LogP contribution is 2.24. The molecular formula is C17H18F3N3OS. The second kappa shape index (κ2) is 8.33. The number of amides is 1. The summed E-state index contributed by atoms with van der Waals surface area (Å²) in [5, 5.41) is 2.54. The number of alkyl halides is 2. The molecule has 4 nitrogen and oxygen atoms in total. The van der Waals surface area contributed by atoms with Gasteiger partial charge in [-0.05, 0) is 62.2 Å². The number of benzene rings is 1. The molecule has 0 aliphatic rings. The summed E-state index contributed by atoms with van der Waals surface area (Å²) >= 11 is 0.288. The van der Waals surface area contributed by atoms with Crippen LogP contribution in [-0.4, -0.2) is 21.6 Å². The second-order valence-corrected chi connectivity index (χ2v) is 6.52. The molecule has 0 aliphatic heterocycles. The summed E-state index contributed by atoms with van der Waals surface area (Å²) in [6.07, 6.45) is 0.455. The number of rotatable bonds is 6. The van der Waals surface area contributed by atoms with Crippen molar-refractivity contribution in [2.24, 2.45) is 0 Å². The first-order chi connectivity index (χ1) is 11.8. The second-order valence-electron chi connectivity index (χ2n) is 5.57. The Morgan fingerprint density at radius 2 is 1.84 bits per heavy atom. The summed E-state index contributed by atoms with van der Waals surface area (Å²) in [6.45, 7) is 5.14. The van der Waals surface area contributed by atoms with Crippen molar-refractivity contribution in [3.05, 3.63) is 46.5 Å². The molecule has 0 bridgehead atoms. The lowest BCUT2D eigenvalue weighted by Gasteiger charge is -2.11. The van der Waals surface area contributed by atoms with Crippen molar-refractivity contribution >= 4 is 23.4 Å². The lowest BCUT2D eigenvalue weighted by molar-refractivity contribution is -0.116. The van der Waals surface area contributed by atoms with Gasteiger partial charge in [0.15, 0.2) is 5.16 Å². The normalized spacial score (nSPS) is 11.0. The number of hydrogen-bond donors (Lipinski definition) is 1. The maximum absolute atomic E-state index is 13.8. The molecule has 0 radical (unpaired) electrons. The largest absolute Gasteiger partial charge is 0.324 e. The van der Waals surface area contributed by atoms with E-state index in [1.54, 1.807) is 26.8 Å². The monoisotopic (exact) mass is 369 g/mol. The molecule has 0 saturated carbocycles. The molecule has 0 aliphatic carbocycles. The molecule has 1 aromatic heterocycles. The Morgan fingerprint density at radius 3 is 2.40 bits per heavy atom. The molecule has 8 heteroatoms. The number of nitrogens with one attached hydrogen (secondary N) is 1. The Bertz CT molecular complexity index is 761. The topological polar surface area (TPSA) is 54.9 Å². The summed E-state index contributed by atoms with van der Waals surface area (Å²) in [6, 6.07) is 4.57. The van der Waals surface area contributed by atoms with E-state index in [-0.39, 0.29) is 34.9 Å². The van der Waals surface area contributed by atoms with Crippen molar-refractivity contribution in [3.8, 4) is 0 Å². The van der Waals surface area contributed by atoms with Gasteiger partial charge in [-0.25, -0.2) is 14.4 Å². The fourth-order valence-corrected chi connectivity index (χ4v) is 2.91. The first-order valence-electron chi connectivity index (χ1n) is 7.61. The maximum atomic E-state index is 13.8. The lowest BCUT2D eigenvalue weighted by Crippen LogP contribution is -2.14. The number of carbonyl (C=O) groups is 1. The number of aryl methyl sites for hydroxylation is 3. The van der Waals surface area contributed by atoms with Crippen LogP contribution in [0.1, 0.15) is 28.9 Å². The molecule has 1 aromatic carbocycles. The summed E-state index contributed by atoms with van der Waals surface area (Å²) in [5.74, 6) is -3.41. The first kappa shape index (κ1) is 19.2. The number of halogens is 3. The number of hydrogen-bond acceptors (Lipinski definition) is 4. The third-order valence-corrected chi connectivity index (χ3v) is 4.17. The minimum Gasteiger partial charge on any atom is -0.324 e. The van der Waals surface area contributed by atoms with Crippen LogP contribution >= 0.6 is 11.8 Å².